The number of nitrogens with one attached hydrogen (secondary N) is 1. The van der Waals surface area contributed by atoms with E-state index in [1.54, 1.807) is 26.0 Å². The molecule has 0 amide bonds. The third-order valence-corrected chi connectivity index (χ3v) is 6.27. The highest BCUT2D eigenvalue weighted by atomic mass is 32.2. The van der Waals surface area contributed by atoms with E-state index in [4.69, 9.17) is 9.47 Å². The summed E-state index contributed by atoms with van der Waals surface area (Å²) in [6.07, 6.45) is 5.93. The van der Waals surface area contributed by atoms with Crippen molar-refractivity contribution in [1.29, 1.82) is 0 Å². The first-order valence-electron chi connectivity index (χ1n) is 9.76. The van der Waals surface area contributed by atoms with Crippen LogP contribution in [-0.2, 0) is 5.75 Å². The Hall–Kier alpha value is -2.34. The molecule has 1 aliphatic heterocycles. The van der Waals surface area contributed by atoms with Crippen molar-refractivity contribution in [3.63, 3.8) is 0 Å². The summed E-state index contributed by atoms with van der Waals surface area (Å²) in [6, 6.07) is 8.41. The van der Waals surface area contributed by atoms with Crippen LogP contribution in [0.1, 0.15) is 30.5 Å². The van der Waals surface area contributed by atoms with Crippen molar-refractivity contribution >= 4 is 28.4 Å². The summed E-state index contributed by atoms with van der Waals surface area (Å²) in [5.41, 5.74) is 4.77. The normalized spacial score (nSPS) is 14.5. The van der Waals surface area contributed by atoms with Crippen LogP contribution in [-0.4, -0.2) is 37.3 Å². The lowest BCUT2D eigenvalue weighted by atomic mass is 10.1. The molecule has 5 nitrogen and oxygen atoms in total. The fourth-order valence-corrected chi connectivity index (χ4v) is 4.62. The van der Waals surface area contributed by atoms with Crippen LogP contribution in [0.25, 0.3) is 10.9 Å². The molecule has 6 heteroatoms. The minimum atomic E-state index is 0.736. The van der Waals surface area contributed by atoms with Crippen LogP contribution in [0.15, 0.2) is 35.5 Å². The lowest BCUT2D eigenvalue weighted by molar-refractivity contribution is 0.356. The third-order valence-electron chi connectivity index (χ3n) is 5.30. The van der Waals surface area contributed by atoms with Crippen LogP contribution >= 0.6 is 11.8 Å². The molecular weight excluding hydrogens is 370 g/mol. The third kappa shape index (κ3) is 3.92. The Morgan fingerprint density at radius 1 is 1.04 bits per heavy atom. The monoisotopic (exact) mass is 397 g/mol. The van der Waals surface area contributed by atoms with Crippen molar-refractivity contribution < 1.29 is 9.47 Å². The number of hydrogen-bond donors (Lipinski definition) is 1. The second-order valence-electron chi connectivity index (χ2n) is 7.23. The standard InChI is InChI=1S/C22H27N3O2S/c1-15-13-23-17(11-19(15)25-7-5-4-6-8-25)14-28-22-10-16-9-20(26-2)21(27-3)12-18(16)24-22/h9-13,24H,4-8,14H2,1-3H3. The van der Waals surface area contributed by atoms with E-state index in [1.807, 2.05) is 18.3 Å². The summed E-state index contributed by atoms with van der Waals surface area (Å²) in [7, 11) is 3.32. The molecule has 1 aromatic carbocycles. The van der Waals surface area contributed by atoms with Crippen LogP contribution in [0.2, 0.25) is 0 Å². The van der Waals surface area contributed by atoms with E-state index in [1.165, 1.54) is 30.5 Å². The van der Waals surface area contributed by atoms with Crippen LogP contribution in [0, 0.1) is 6.92 Å². The Morgan fingerprint density at radius 2 is 1.79 bits per heavy atom. The van der Waals surface area contributed by atoms with Gasteiger partial charge in [-0.15, -0.1) is 11.8 Å². The van der Waals surface area contributed by atoms with Crippen molar-refractivity contribution in [3.8, 4) is 11.5 Å². The zero-order valence-corrected chi connectivity index (χ0v) is 17.6. The van der Waals surface area contributed by atoms with Gasteiger partial charge in [-0.25, -0.2) is 0 Å². The van der Waals surface area contributed by atoms with Gasteiger partial charge in [-0.05, 0) is 49.9 Å². The molecule has 0 atom stereocenters. The zero-order chi connectivity index (χ0) is 19.5. The number of aromatic nitrogens is 2. The predicted octanol–water partition coefficient (Wildman–Crippen LogP) is 5.17. The van der Waals surface area contributed by atoms with Gasteiger partial charge in [-0.3, -0.25) is 4.98 Å². The van der Waals surface area contributed by atoms with E-state index in [2.05, 4.69) is 33.9 Å². The maximum atomic E-state index is 5.40. The summed E-state index contributed by atoms with van der Waals surface area (Å²) in [4.78, 5) is 10.6. The predicted molar refractivity (Wildman–Crippen MR) is 116 cm³/mol. The van der Waals surface area contributed by atoms with Gasteiger partial charge in [0.1, 0.15) is 0 Å². The number of thioether (sulfide) groups is 1. The van der Waals surface area contributed by atoms with E-state index in [9.17, 15) is 0 Å². The van der Waals surface area contributed by atoms with Gasteiger partial charge >= 0.3 is 0 Å². The van der Waals surface area contributed by atoms with Gasteiger partial charge in [0.2, 0.25) is 0 Å². The van der Waals surface area contributed by atoms with Crippen molar-refractivity contribution in [2.45, 2.75) is 37.0 Å². The number of benzene rings is 1. The summed E-state index contributed by atoms with van der Waals surface area (Å²) in [6.45, 7) is 4.47. The average molecular weight is 398 g/mol. The number of rotatable bonds is 6. The maximum Gasteiger partial charge on any atom is 0.162 e. The Labute approximate surface area is 170 Å². The maximum absolute atomic E-state index is 5.40. The number of methoxy groups -OCH3 is 2. The molecule has 1 N–H and O–H groups in total. The SMILES string of the molecule is COc1cc2cc(SCc3cc(N4CCCCC4)c(C)cn3)[nH]c2cc1OC. The number of ether oxygens (including phenoxy) is 2. The van der Waals surface area contributed by atoms with Crippen LogP contribution in [0.3, 0.4) is 0 Å². The molecule has 1 fully saturated rings. The van der Waals surface area contributed by atoms with Crippen molar-refractivity contribution in [3.05, 3.63) is 41.7 Å². The Kier molecular flexibility index (Phi) is 5.67. The smallest absolute Gasteiger partial charge is 0.162 e. The average Bonchev–Trinajstić information content (AvgIpc) is 3.14. The summed E-state index contributed by atoms with van der Waals surface area (Å²) in [5, 5.41) is 2.23. The highest BCUT2D eigenvalue weighted by Gasteiger charge is 2.14. The highest BCUT2D eigenvalue weighted by molar-refractivity contribution is 7.98. The molecule has 3 aromatic rings. The summed E-state index contributed by atoms with van der Waals surface area (Å²) < 4.78 is 10.8. The van der Waals surface area contributed by atoms with Gasteiger partial charge < -0.3 is 19.4 Å². The number of nitrogens with zero attached hydrogens (tertiary/aromatic N) is 2. The Bertz CT molecular complexity index is 923. The number of hydrogen-bond acceptors (Lipinski definition) is 5. The first-order chi connectivity index (χ1) is 13.7. The Morgan fingerprint density at radius 3 is 2.54 bits per heavy atom. The van der Waals surface area contributed by atoms with Crippen LogP contribution in [0.5, 0.6) is 11.5 Å². The van der Waals surface area contributed by atoms with E-state index in [-0.39, 0.29) is 0 Å². The molecule has 28 heavy (non-hydrogen) atoms. The first kappa shape index (κ1) is 19.0. The zero-order valence-electron chi connectivity index (χ0n) is 16.7. The quantitative estimate of drug-likeness (QED) is 0.582. The highest BCUT2D eigenvalue weighted by Crippen LogP contribution is 2.35. The van der Waals surface area contributed by atoms with Crippen LogP contribution in [0.4, 0.5) is 5.69 Å². The molecule has 0 spiro atoms. The number of anilines is 1. The van der Waals surface area contributed by atoms with Gasteiger partial charge in [0.15, 0.2) is 11.5 Å². The molecule has 4 rings (SSSR count). The summed E-state index contributed by atoms with van der Waals surface area (Å²) in [5.74, 6) is 2.32. The number of aromatic amines is 1. The largest absolute Gasteiger partial charge is 0.493 e. The molecule has 1 aliphatic rings. The van der Waals surface area contributed by atoms with Crippen LogP contribution < -0.4 is 14.4 Å². The molecule has 0 unspecified atom stereocenters. The van der Waals surface area contributed by atoms with E-state index in [0.717, 1.165) is 52.0 Å². The minimum Gasteiger partial charge on any atom is -0.493 e. The minimum absolute atomic E-state index is 0.736. The van der Waals surface area contributed by atoms with E-state index >= 15 is 0 Å². The number of piperidine rings is 1. The molecular formula is C22H27N3O2S. The van der Waals surface area contributed by atoms with Crippen molar-refractivity contribution in [2.75, 3.05) is 32.2 Å². The number of H-pyrrole nitrogens is 1. The topological polar surface area (TPSA) is 50.4 Å². The van der Waals surface area contributed by atoms with Gasteiger partial charge in [0.25, 0.3) is 0 Å². The molecule has 3 heterocycles. The number of aryl methyl sites for hydroxylation is 1. The fraction of sp³-hybridized carbons (Fsp3) is 0.409. The van der Waals surface area contributed by atoms with Gasteiger partial charge in [0, 0.05) is 42.2 Å². The second-order valence-corrected chi connectivity index (χ2v) is 8.24. The first-order valence-corrected chi connectivity index (χ1v) is 10.7. The number of fused-ring (bicyclic) bond motifs is 1. The van der Waals surface area contributed by atoms with Crippen molar-refractivity contribution in [1.82, 2.24) is 9.97 Å². The van der Waals surface area contributed by atoms with Crippen molar-refractivity contribution in [2.24, 2.45) is 0 Å². The molecule has 0 radical (unpaired) electrons. The molecule has 0 bridgehead atoms. The second kappa shape index (κ2) is 8.35. The molecule has 0 aliphatic carbocycles. The lowest BCUT2D eigenvalue weighted by Gasteiger charge is -2.30. The fourth-order valence-electron chi connectivity index (χ4n) is 3.77. The Balaban J connectivity index is 1.51. The van der Waals surface area contributed by atoms with Gasteiger partial charge in [0.05, 0.1) is 30.5 Å². The van der Waals surface area contributed by atoms with E-state index < -0.39 is 0 Å². The molecule has 1 saturated heterocycles. The van der Waals surface area contributed by atoms with E-state index in [0.29, 0.717) is 0 Å². The summed E-state index contributed by atoms with van der Waals surface area (Å²) >= 11 is 1.77. The van der Waals surface area contributed by atoms with Gasteiger partial charge in [-0.2, -0.15) is 0 Å². The molecule has 2 aromatic heterocycles. The molecule has 148 valence electrons. The van der Waals surface area contributed by atoms with Gasteiger partial charge in [-0.1, -0.05) is 0 Å². The molecule has 0 saturated carbocycles. The lowest BCUT2D eigenvalue weighted by Crippen LogP contribution is -2.30. The number of pyridine rings is 1.